The molecule has 0 aromatic heterocycles. The van der Waals surface area contributed by atoms with Crippen LogP contribution in [-0.2, 0) is 16.0 Å². The van der Waals surface area contributed by atoms with Gasteiger partial charge < -0.3 is 10.4 Å². The zero-order chi connectivity index (χ0) is 15.3. The second-order valence-electron chi connectivity index (χ2n) is 3.87. The van der Waals surface area contributed by atoms with E-state index in [1.165, 1.54) is 29.6 Å². The van der Waals surface area contributed by atoms with Gasteiger partial charge in [0.15, 0.2) is 0 Å². The van der Waals surface area contributed by atoms with E-state index in [0.29, 0.717) is 11.1 Å². The van der Waals surface area contributed by atoms with Crippen LogP contribution in [0.4, 0.5) is 13.2 Å². The maximum absolute atomic E-state index is 12.1. The van der Waals surface area contributed by atoms with Gasteiger partial charge in [-0.2, -0.15) is 18.4 Å². The lowest BCUT2D eigenvalue weighted by Gasteiger charge is -2.15. The summed E-state index contributed by atoms with van der Waals surface area (Å²) < 4.78 is 36.2. The van der Waals surface area contributed by atoms with E-state index in [1.54, 1.807) is 0 Å². The molecular weight excluding hydrogens is 277 g/mol. The van der Waals surface area contributed by atoms with Gasteiger partial charge in [-0.3, -0.25) is 4.79 Å². The Kier molecular flexibility index (Phi) is 4.69. The lowest BCUT2D eigenvalue weighted by atomic mass is 10.0. The average molecular weight is 286 g/mol. The highest BCUT2D eigenvalue weighted by molar-refractivity contribution is 5.87. The van der Waals surface area contributed by atoms with E-state index in [1.807, 2.05) is 6.07 Å². The molecule has 1 rings (SSSR count). The number of benzene rings is 1. The third-order valence-corrected chi connectivity index (χ3v) is 2.38. The van der Waals surface area contributed by atoms with E-state index in [2.05, 4.69) is 0 Å². The molecule has 0 unspecified atom stereocenters. The van der Waals surface area contributed by atoms with Gasteiger partial charge in [0.2, 0.25) is 0 Å². The van der Waals surface area contributed by atoms with Crippen LogP contribution in [0.15, 0.2) is 24.3 Å². The molecular formula is C12H9F3N2O3. The molecule has 0 aliphatic heterocycles. The van der Waals surface area contributed by atoms with Crippen molar-refractivity contribution in [2.75, 3.05) is 0 Å². The summed E-state index contributed by atoms with van der Waals surface area (Å²) in [5.41, 5.74) is 0.721. The summed E-state index contributed by atoms with van der Waals surface area (Å²) in [6.07, 6.45) is -5.46. The number of aliphatic carboxylic acids is 1. The molecule has 0 aliphatic carbocycles. The van der Waals surface area contributed by atoms with E-state index < -0.39 is 24.1 Å². The van der Waals surface area contributed by atoms with E-state index >= 15 is 0 Å². The maximum atomic E-state index is 12.1. The summed E-state index contributed by atoms with van der Waals surface area (Å²) in [7, 11) is 0. The first-order valence-electron chi connectivity index (χ1n) is 5.33. The Hall–Kier alpha value is -2.56. The molecule has 1 aromatic carbocycles. The summed E-state index contributed by atoms with van der Waals surface area (Å²) in [5.74, 6) is -3.88. The zero-order valence-corrected chi connectivity index (χ0v) is 9.94. The molecule has 0 heterocycles. The molecule has 0 radical (unpaired) electrons. The smallest absolute Gasteiger partial charge is 0.471 e. The second kappa shape index (κ2) is 6.06. The van der Waals surface area contributed by atoms with Gasteiger partial charge in [0.05, 0.1) is 11.6 Å². The quantitative estimate of drug-likeness (QED) is 0.871. The lowest BCUT2D eigenvalue weighted by Crippen LogP contribution is -2.47. The SMILES string of the molecule is N#Cc1ccc(C[C@H](NC(=O)C(F)(F)F)C(=O)O)cc1. The standard InChI is InChI=1S/C12H9F3N2O3/c13-12(14,15)11(20)17-9(10(18)19)5-7-1-3-8(6-16)4-2-7/h1-4,9H,5H2,(H,17,20)(H,18,19)/t9-/m0/s1. The van der Waals surface area contributed by atoms with Crippen LogP contribution in [-0.4, -0.2) is 29.2 Å². The van der Waals surface area contributed by atoms with E-state index in [-0.39, 0.29) is 6.42 Å². The van der Waals surface area contributed by atoms with Gasteiger partial charge in [-0.15, -0.1) is 0 Å². The Balaban J connectivity index is 2.80. The van der Waals surface area contributed by atoms with Crippen LogP contribution in [0, 0.1) is 11.3 Å². The van der Waals surface area contributed by atoms with Crippen molar-refractivity contribution in [3.63, 3.8) is 0 Å². The largest absolute Gasteiger partial charge is 0.480 e. The number of nitrogens with zero attached hydrogens (tertiary/aromatic N) is 1. The number of carboxylic acids is 1. The van der Waals surface area contributed by atoms with Crippen molar-refractivity contribution in [2.45, 2.75) is 18.6 Å². The molecule has 0 aliphatic rings. The minimum absolute atomic E-state index is 0.317. The molecule has 0 fully saturated rings. The number of hydrogen-bond donors (Lipinski definition) is 2. The monoisotopic (exact) mass is 286 g/mol. The van der Waals surface area contributed by atoms with Crippen molar-refractivity contribution in [3.8, 4) is 6.07 Å². The fraction of sp³-hybridized carbons (Fsp3) is 0.250. The van der Waals surface area contributed by atoms with Gasteiger partial charge in [0.1, 0.15) is 6.04 Å². The predicted molar refractivity (Wildman–Crippen MR) is 60.5 cm³/mol. The number of nitrogens with one attached hydrogen (secondary N) is 1. The summed E-state index contributed by atoms with van der Waals surface area (Å²) in [6, 6.07) is 5.78. The van der Waals surface area contributed by atoms with Crippen LogP contribution in [0.3, 0.4) is 0 Å². The average Bonchev–Trinajstić information content (AvgIpc) is 2.37. The summed E-state index contributed by atoms with van der Waals surface area (Å²) in [4.78, 5) is 21.6. The number of hydrogen-bond acceptors (Lipinski definition) is 3. The fourth-order valence-corrected chi connectivity index (χ4v) is 1.39. The Bertz CT molecular complexity index is 547. The third-order valence-electron chi connectivity index (χ3n) is 2.38. The number of amides is 1. The Labute approximate surface area is 111 Å². The first-order valence-corrected chi connectivity index (χ1v) is 5.33. The van der Waals surface area contributed by atoms with E-state index in [9.17, 15) is 22.8 Å². The van der Waals surface area contributed by atoms with E-state index in [0.717, 1.165) is 0 Å². The van der Waals surface area contributed by atoms with Crippen LogP contribution in [0.5, 0.6) is 0 Å². The predicted octanol–water partition coefficient (Wildman–Crippen LogP) is 1.23. The van der Waals surface area contributed by atoms with Crippen molar-refractivity contribution in [1.29, 1.82) is 5.26 Å². The number of carbonyl (C=O) groups is 2. The molecule has 0 spiro atoms. The van der Waals surface area contributed by atoms with Crippen molar-refractivity contribution in [3.05, 3.63) is 35.4 Å². The number of rotatable bonds is 4. The maximum Gasteiger partial charge on any atom is 0.471 e. The van der Waals surface area contributed by atoms with Gasteiger partial charge in [0.25, 0.3) is 0 Å². The van der Waals surface area contributed by atoms with Crippen molar-refractivity contribution in [2.24, 2.45) is 0 Å². The molecule has 1 aromatic rings. The second-order valence-corrected chi connectivity index (χ2v) is 3.87. The Morgan fingerprint density at radius 3 is 2.25 bits per heavy atom. The fourth-order valence-electron chi connectivity index (χ4n) is 1.39. The Morgan fingerprint density at radius 1 is 1.30 bits per heavy atom. The highest BCUT2D eigenvalue weighted by atomic mass is 19.4. The summed E-state index contributed by atoms with van der Waals surface area (Å²) in [6.45, 7) is 0. The van der Waals surface area contributed by atoms with Crippen LogP contribution in [0.1, 0.15) is 11.1 Å². The van der Waals surface area contributed by atoms with Crippen LogP contribution >= 0.6 is 0 Å². The van der Waals surface area contributed by atoms with Crippen molar-refractivity contribution >= 4 is 11.9 Å². The van der Waals surface area contributed by atoms with Crippen LogP contribution in [0.25, 0.3) is 0 Å². The van der Waals surface area contributed by atoms with Gasteiger partial charge in [-0.25, -0.2) is 4.79 Å². The highest BCUT2D eigenvalue weighted by Gasteiger charge is 2.40. The number of nitriles is 1. The molecule has 5 nitrogen and oxygen atoms in total. The molecule has 1 amide bonds. The Morgan fingerprint density at radius 2 is 1.85 bits per heavy atom. The van der Waals surface area contributed by atoms with Crippen molar-refractivity contribution < 1.29 is 27.9 Å². The van der Waals surface area contributed by atoms with Crippen molar-refractivity contribution in [1.82, 2.24) is 5.32 Å². The molecule has 2 N–H and O–H groups in total. The first-order chi connectivity index (χ1) is 9.24. The van der Waals surface area contributed by atoms with Gasteiger partial charge in [0, 0.05) is 6.42 Å². The van der Waals surface area contributed by atoms with Gasteiger partial charge in [-0.05, 0) is 17.7 Å². The molecule has 106 valence electrons. The molecule has 0 bridgehead atoms. The normalized spacial score (nSPS) is 12.3. The first kappa shape index (κ1) is 15.5. The van der Waals surface area contributed by atoms with E-state index in [4.69, 9.17) is 10.4 Å². The zero-order valence-electron chi connectivity index (χ0n) is 9.94. The number of alkyl halides is 3. The number of carboxylic acid groups (broad SMARTS) is 1. The molecule has 20 heavy (non-hydrogen) atoms. The minimum atomic E-state index is -5.14. The lowest BCUT2D eigenvalue weighted by molar-refractivity contribution is -0.175. The molecule has 8 heteroatoms. The molecule has 0 saturated heterocycles. The molecule has 0 saturated carbocycles. The molecule has 1 atom stereocenters. The van der Waals surface area contributed by atoms with Crippen LogP contribution < -0.4 is 5.32 Å². The van der Waals surface area contributed by atoms with Gasteiger partial charge in [-0.1, -0.05) is 12.1 Å². The van der Waals surface area contributed by atoms with Crippen LogP contribution in [0.2, 0.25) is 0 Å². The number of carbonyl (C=O) groups excluding carboxylic acids is 1. The highest BCUT2D eigenvalue weighted by Crippen LogP contribution is 2.15. The third kappa shape index (κ3) is 4.28. The van der Waals surface area contributed by atoms with Gasteiger partial charge >= 0.3 is 18.1 Å². The number of halogens is 3. The minimum Gasteiger partial charge on any atom is -0.480 e. The summed E-state index contributed by atoms with van der Waals surface area (Å²) >= 11 is 0. The topological polar surface area (TPSA) is 90.2 Å². The summed E-state index contributed by atoms with van der Waals surface area (Å²) in [5, 5.41) is 18.8.